The molecule has 0 bridgehead atoms. The minimum atomic E-state index is 0.331. The summed E-state index contributed by atoms with van der Waals surface area (Å²) in [5, 5.41) is 44.1. The molecule has 9 rings (SSSR count). The van der Waals surface area contributed by atoms with E-state index < -0.39 is 0 Å². The molecule has 0 radical (unpaired) electrons. The number of fused-ring (bicyclic) bond motifs is 6. The van der Waals surface area contributed by atoms with E-state index in [9.17, 15) is 15.3 Å². The maximum atomic E-state index is 10.5. The van der Waals surface area contributed by atoms with Crippen molar-refractivity contribution in [1.29, 1.82) is 0 Å². The molecule has 0 saturated carbocycles. The minimum Gasteiger partial charge on any atom is -0.508 e. The van der Waals surface area contributed by atoms with Gasteiger partial charge in [-0.1, -0.05) is 157 Å². The monoisotopic (exact) mass is 750 g/mol. The molecule has 0 amide bonds. The van der Waals surface area contributed by atoms with Crippen molar-refractivity contribution in [3.05, 3.63) is 162 Å². The fourth-order valence-corrected chi connectivity index (χ4v) is 8.55. The fraction of sp³-hybridized carbons (Fsp3) is 0.222. The lowest BCUT2D eigenvalue weighted by molar-refractivity contribution is 0.476. The van der Waals surface area contributed by atoms with Gasteiger partial charge in [-0.15, -0.1) is 0 Å². The van der Waals surface area contributed by atoms with Gasteiger partial charge in [0.25, 0.3) is 0 Å². The molecule has 9 aromatic carbocycles. The Balaban J connectivity index is 0.000000131. The number of hydrogen-bond acceptors (Lipinski definition) is 3. The molecule has 288 valence electrons. The Morgan fingerprint density at radius 2 is 0.737 bits per heavy atom. The molecule has 0 aromatic heterocycles. The topological polar surface area (TPSA) is 60.7 Å². The van der Waals surface area contributed by atoms with Gasteiger partial charge in [0, 0.05) is 16.2 Å². The van der Waals surface area contributed by atoms with Gasteiger partial charge in [-0.25, -0.2) is 0 Å². The first-order chi connectivity index (χ1) is 27.7. The highest BCUT2D eigenvalue weighted by Crippen LogP contribution is 2.42. The van der Waals surface area contributed by atoms with E-state index in [0.29, 0.717) is 35.0 Å². The molecular weight excluding hydrogens is 697 g/mol. The van der Waals surface area contributed by atoms with Gasteiger partial charge in [-0.2, -0.15) is 0 Å². The molecule has 0 saturated heterocycles. The van der Waals surface area contributed by atoms with E-state index in [4.69, 9.17) is 0 Å². The highest BCUT2D eigenvalue weighted by molar-refractivity contribution is 6.09. The zero-order chi connectivity index (χ0) is 40.2. The molecule has 0 spiro atoms. The average Bonchev–Trinajstić information content (AvgIpc) is 3.25. The van der Waals surface area contributed by atoms with Gasteiger partial charge in [-0.3, -0.25) is 0 Å². The van der Waals surface area contributed by atoms with E-state index in [1.807, 2.05) is 54.6 Å². The number of hydrogen-bond donors (Lipinski definition) is 3. The van der Waals surface area contributed by atoms with Crippen LogP contribution in [0.2, 0.25) is 0 Å². The normalized spacial score (nSPS) is 12.9. The maximum Gasteiger partial charge on any atom is 0.131 e. The third-order valence-electron chi connectivity index (χ3n) is 12.1. The first-order valence-electron chi connectivity index (χ1n) is 20.6. The molecule has 3 heteroatoms. The van der Waals surface area contributed by atoms with Crippen LogP contribution in [-0.2, 0) is 0 Å². The second-order valence-corrected chi connectivity index (χ2v) is 15.6. The van der Waals surface area contributed by atoms with Crippen LogP contribution in [0.4, 0.5) is 0 Å². The minimum absolute atomic E-state index is 0.331. The van der Waals surface area contributed by atoms with E-state index in [1.54, 1.807) is 12.1 Å². The highest BCUT2D eigenvalue weighted by Gasteiger charge is 2.17. The Bertz CT molecular complexity index is 2760. The first-order valence-corrected chi connectivity index (χ1v) is 20.6. The summed E-state index contributed by atoms with van der Waals surface area (Å²) in [6.45, 7) is 13.4. The zero-order valence-electron chi connectivity index (χ0n) is 34.1. The first kappa shape index (κ1) is 39.2. The quantitative estimate of drug-likeness (QED) is 0.148. The van der Waals surface area contributed by atoms with E-state index in [2.05, 4.69) is 120 Å². The number of aromatic hydroxyl groups is 3. The maximum absolute atomic E-state index is 10.5. The van der Waals surface area contributed by atoms with Crippen molar-refractivity contribution in [2.24, 2.45) is 0 Å². The lowest BCUT2D eigenvalue weighted by Crippen LogP contribution is -1.95. The van der Waals surface area contributed by atoms with Crippen LogP contribution in [0.15, 0.2) is 146 Å². The van der Waals surface area contributed by atoms with E-state index in [1.165, 1.54) is 59.8 Å². The van der Waals surface area contributed by atoms with Gasteiger partial charge in [-0.05, 0) is 133 Å². The summed E-state index contributed by atoms with van der Waals surface area (Å²) >= 11 is 0. The van der Waals surface area contributed by atoms with E-state index in [-0.39, 0.29) is 0 Å². The number of phenolic OH excluding ortho intramolecular Hbond substituents is 3. The van der Waals surface area contributed by atoms with Gasteiger partial charge < -0.3 is 15.3 Å². The molecule has 3 atom stereocenters. The van der Waals surface area contributed by atoms with Crippen LogP contribution in [0.5, 0.6) is 17.2 Å². The Kier molecular flexibility index (Phi) is 11.7. The molecule has 57 heavy (non-hydrogen) atoms. The summed E-state index contributed by atoms with van der Waals surface area (Å²) < 4.78 is 0. The third-order valence-corrected chi connectivity index (χ3v) is 12.1. The van der Waals surface area contributed by atoms with Crippen LogP contribution in [-0.4, -0.2) is 15.3 Å². The second kappa shape index (κ2) is 17.0. The van der Waals surface area contributed by atoms with Crippen molar-refractivity contribution in [3.63, 3.8) is 0 Å². The van der Waals surface area contributed by atoms with Crippen molar-refractivity contribution >= 4 is 64.6 Å². The molecule has 0 fully saturated rings. The molecule has 0 aliphatic rings. The molecule has 3 unspecified atom stereocenters. The zero-order valence-corrected chi connectivity index (χ0v) is 34.1. The summed E-state index contributed by atoms with van der Waals surface area (Å²) in [6.07, 6.45) is 3.31. The van der Waals surface area contributed by atoms with Gasteiger partial charge >= 0.3 is 0 Å². The molecule has 3 N–H and O–H groups in total. The van der Waals surface area contributed by atoms with Crippen LogP contribution >= 0.6 is 0 Å². The van der Waals surface area contributed by atoms with E-state index >= 15 is 0 Å². The summed E-state index contributed by atoms with van der Waals surface area (Å²) in [5.41, 5.74) is 4.11. The Morgan fingerprint density at radius 1 is 0.351 bits per heavy atom. The average molecular weight is 751 g/mol. The summed E-state index contributed by atoms with van der Waals surface area (Å²) in [7, 11) is 0. The van der Waals surface area contributed by atoms with Crippen molar-refractivity contribution in [3.8, 4) is 17.2 Å². The molecule has 0 heterocycles. The number of phenols is 3. The van der Waals surface area contributed by atoms with Crippen molar-refractivity contribution < 1.29 is 15.3 Å². The molecular formula is C54H54O3. The Morgan fingerprint density at radius 3 is 1.26 bits per heavy atom. The van der Waals surface area contributed by atoms with Crippen molar-refractivity contribution in [2.45, 2.75) is 78.6 Å². The SMILES string of the molecule is CCC(C)c1c2ccccc2c(O)c2ccccc12.CCC(C)c1c2ccccc2cc2c(O)cccc12.CCC(C)c1c2ccccc2cc2cc(O)ccc12. The molecule has 0 aliphatic heterocycles. The van der Waals surface area contributed by atoms with Crippen molar-refractivity contribution in [1.82, 2.24) is 0 Å². The fourth-order valence-electron chi connectivity index (χ4n) is 8.55. The smallest absolute Gasteiger partial charge is 0.131 e. The van der Waals surface area contributed by atoms with Gasteiger partial charge in [0.15, 0.2) is 0 Å². The number of rotatable bonds is 6. The summed E-state index contributed by atoms with van der Waals surface area (Å²) in [6, 6.07) is 49.0. The van der Waals surface area contributed by atoms with Crippen molar-refractivity contribution in [2.75, 3.05) is 0 Å². The molecule has 9 aromatic rings. The molecule has 0 aliphatic carbocycles. The Labute approximate surface area is 336 Å². The van der Waals surface area contributed by atoms with Gasteiger partial charge in [0.2, 0.25) is 0 Å². The van der Waals surface area contributed by atoms with Crippen LogP contribution in [0.3, 0.4) is 0 Å². The predicted octanol–water partition coefficient (Wildman–Crippen LogP) is 15.6. The lowest BCUT2D eigenvalue weighted by Gasteiger charge is -2.17. The second-order valence-electron chi connectivity index (χ2n) is 15.6. The van der Waals surface area contributed by atoms with Crippen LogP contribution in [0.25, 0.3) is 64.6 Å². The van der Waals surface area contributed by atoms with Crippen LogP contribution < -0.4 is 0 Å². The standard InChI is InChI=1S/3C18H18O/c1-3-12(2)17-13-8-4-6-10-15(13)18(19)16-11-7-5-9-14(16)17;1-3-12(2)18-14-8-5-4-7-13(14)11-16-15(18)9-6-10-17(16)19;1-3-12(2)18-16-7-5-4-6-13(16)10-14-11-15(19)8-9-17(14)18/h3*4-12,19H,3H2,1-2H3. The third kappa shape index (κ3) is 7.59. The lowest BCUT2D eigenvalue weighted by atomic mass is 9.87. The van der Waals surface area contributed by atoms with Crippen LogP contribution in [0, 0.1) is 0 Å². The molecule has 3 nitrogen and oxygen atoms in total. The Hall–Kier alpha value is -6.06. The van der Waals surface area contributed by atoms with E-state index in [0.717, 1.165) is 40.8 Å². The summed E-state index contributed by atoms with van der Waals surface area (Å²) in [4.78, 5) is 0. The largest absolute Gasteiger partial charge is 0.508 e. The predicted molar refractivity (Wildman–Crippen MR) is 245 cm³/mol. The summed E-state index contributed by atoms with van der Waals surface area (Å²) in [5.74, 6) is 2.58. The van der Waals surface area contributed by atoms with Gasteiger partial charge in [0.05, 0.1) is 0 Å². The van der Waals surface area contributed by atoms with Gasteiger partial charge in [0.1, 0.15) is 17.2 Å². The highest BCUT2D eigenvalue weighted by atomic mass is 16.3. The van der Waals surface area contributed by atoms with Crippen LogP contribution in [0.1, 0.15) is 95.2 Å². The number of benzene rings is 9.